The predicted molar refractivity (Wildman–Crippen MR) is 128 cm³/mol. The Morgan fingerprint density at radius 3 is 2.48 bits per heavy atom. The van der Waals surface area contributed by atoms with Crippen LogP contribution in [0.4, 0.5) is 5.69 Å². The highest BCUT2D eigenvalue weighted by Crippen LogP contribution is 2.29. The van der Waals surface area contributed by atoms with Gasteiger partial charge in [-0.3, -0.25) is 14.5 Å². The third-order valence-electron chi connectivity index (χ3n) is 6.12. The first-order chi connectivity index (χ1) is 15.8. The van der Waals surface area contributed by atoms with Gasteiger partial charge in [-0.2, -0.15) is 0 Å². The van der Waals surface area contributed by atoms with Gasteiger partial charge in [0.05, 0.1) is 17.5 Å². The molecule has 1 N–H and O–H groups in total. The molecule has 8 nitrogen and oxygen atoms in total. The summed E-state index contributed by atoms with van der Waals surface area (Å²) in [4.78, 5) is 29.7. The first kappa shape index (κ1) is 23.7. The van der Waals surface area contributed by atoms with Crippen LogP contribution in [-0.2, 0) is 14.8 Å². The van der Waals surface area contributed by atoms with Crippen molar-refractivity contribution in [2.45, 2.75) is 12.5 Å². The van der Waals surface area contributed by atoms with Gasteiger partial charge in [-0.1, -0.05) is 35.9 Å². The maximum Gasteiger partial charge on any atom is 0.251 e. The Balaban J connectivity index is 1.52. The number of benzene rings is 2. The van der Waals surface area contributed by atoms with E-state index in [1.54, 1.807) is 12.1 Å². The number of rotatable bonds is 6. The number of anilines is 1. The van der Waals surface area contributed by atoms with E-state index >= 15 is 0 Å². The smallest absolute Gasteiger partial charge is 0.251 e. The number of amides is 2. The highest BCUT2D eigenvalue weighted by Gasteiger charge is 2.36. The van der Waals surface area contributed by atoms with Gasteiger partial charge in [0.2, 0.25) is 15.9 Å². The van der Waals surface area contributed by atoms with Crippen molar-refractivity contribution in [3.63, 3.8) is 0 Å². The maximum atomic E-state index is 13.0. The fourth-order valence-corrected chi connectivity index (χ4v) is 5.96. The second kappa shape index (κ2) is 9.80. The summed E-state index contributed by atoms with van der Waals surface area (Å²) in [6, 6.07) is 13.7. The Morgan fingerprint density at radius 2 is 1.82 bits per heavy atom. The summed E-state index contributed by atoms with van der Waals surface area (Å²) in [6.45, 7) is 3.90. The Kier molecular flexibility index (Phi) is 7.04. The molecule has 33 heavy (non-hydrogen) atoms. The number of piperazine rings is 1. The molecule has 2 aromatic carbocycles. The molecular weight excluding hydrogens is 464 g/mol. The van der Waals surface area contributed by atoms with Crippen LogP contribution in [0.1, 0.15) is 28.4 Å². The quantitative estimate of drug-likeness (QED) is 0.667. The molecule has 10 heteroatoms. The van der Waals surface area contributed by atoms with Crippen molar-refractivity contribution in [1.29, 1.82) is 0 Å². The van der Waals surface area contributed by atoms with Gasteiger partial charge in [-0.25, -0.2) is 12.7 Å². The van der Waals surface area contributed by atoms with E-state index < -0.39 is 15.9 Å². The average molecular weight is 491 g/mol. The molecule has 4 rings (SSSR count). The third kappa shape index (κ3) is 5.22. The summed E-state index contributed by atoms with van der Waals surface area (Å²) >= 11 is 6.49. The zero-order valence-electron chi connectivity index (χ0n) is 18.4. The van der Waals surface area contributed by atoms with Gasteiger partial charge in [0.1, 0.15) is 0 Å². The first-order valence-corrected chi connectivity index (χ1v) is 12.9. The second-order valence-corrected chi connectivity index (χ2v) is 10.7. The molecule has 2 aliphatic heterocycles. The monoisotopic (exact) mass is 490 g/mol. The van der Waals surface area contributed by atoms with E-state index in [0.717, 1.165) is 36.0 Å². The molecule has 0 bridgehead atoms. The third-order valence-corrected chi connectivity index (χ3v) is 8.16. The van der Waals surface area contributed by atoms with Crippen LogP contribution in [0.25, 0.3) is 0 Å². The lowest BCUT2D eigenvalue weighted by molar-refractivity contribution is -0.116. The molecule has 2 aliphatic rings. The van der Waals surface area contributed by atoms with Gasteiger partial charge in [0.15, 0.2) is 0 Å². The SMILES string of the molecule is CN1CCN([C@H](CNC(=O)c2cccc(N3C(=O)CCS3(=O)=O)c2)c2ccccc2Cl)CC1. The summed E-state index contributed by atoms with van der Waals surface area (Å²) in [5, 5.41) is 3.63. The topological polar surface area (TPSA) is 90.0 Å². The van der Waals surface area contributed by atoms with Crippen LogP contribution in [0.5, 0.6) is 0 Å². The minimum absolute atomic E-state index is 0.0523. The van der Waals surface area contributed by atoms with Crippen molar-refractivity contribution in [2.24, 2.45) is 0 Å². The van der Waals surface area contributed by atoms with E-state index in [1.807, 2.05) is 24.3 Å². The van der Waals surface area contributed by atoms with Crippen LogP contribution in [-0.4, -0.2) is 75.6 Å². The van der Waals surface area contributed by atoms with Gasteiger partial charge in [0.25, 0.3) is 5.91 Å². The van der Waals surface area contributed by atoms with E-state index in [1.165, 1.54) is 12.1 Å². The van der Waals surface area contributed by atoms with Crippen LogP contribution in [0.3, 0.4) is 0 Å². The molecule has 2 heterocycles. The molecule has 0 radical (unpaired) electrons. The number of carbonyl (C=O) groups excluding carboxylic acids is 2. The van der Waals surface area contributed by atoms with E-state index in [2.05, 4.69) is 22.2 Å². The Morgan fingerprint density at radius 1 is 1.09 bits per heavy atom. The average Bonchev–Trinajstić information content (AvgIpc) is 3.08. The van der Waals surface area contributed by atoms with Gasteiger partial charge >= 0.3 is 0 Å². The summed E-state index contributed by atoms with van der Waals surface area (Å²) < 4.78 is 25.3. The van der Waals surface area contributed by atoms with Crippen LogP contribution >= 0.6 is 11.6 Å². The predicted octanol–water partition coefficient (Wildman–Crippen LogP) is 2.12. The molecule has 2 saturated heterocycles. The zero-order chi connectivity index (χ0) is 23.6. The lowest BCUT2D eigenvalue weighted by Crippen LogP contribution is -2.48. The summed E-state index contributed by atoms with van der Waals surface area (Å²) in [5.74, 6) is -1.04. The van der Waals surface area contributed by atoms with E-state index in [0.29, 0.717) is 17.1 Å². The first-order valence-electron chi connectivity index (χ1n) is 10.9. The number of halogens is 1. The van der Waals surface area contributed by atoms with Crippen molar-refractivity contribution in [2.75, 3.05) is 49.8 Å². The van der Waals surface area contributed by atoms with Crippen molar-refractivity contribution >= 4 is 39.1 Å². The van der Waals surface area contributed by atoms with E-state index in [4.69, 9.17) is 11.6 Å². The number of nitrogens with zero attached hydrogens (tertiary/aromatic N) is 3. The Hall–Kier alpha value is -2.46. The van der Waals surface area contributed by atoms with Gasteiger partial charge in [-0.15, -0.1) is 0 Å². The Bertz CT molecular complexity index is 1150. The van der Waals surface area contributed by atoms with Crippen molar-refractivity contribution in [3.05, 3.63) is 64.7 Å². The normalized spacial score (nSPS) is 20.1. The second-order valence-electron chi connectivity index (χ2n) is 8.36. The fraction of sp³-hybridized carbons (Fsp3) is 0.391. The summed E-state index contributed by atoms with van der Waals surface area (Å²) in [6.07, 6.45) is -0.0523. The number of carbonyl (C=O) groups is 2. The van der Waals surface area contributed by atoms with Crippen LogP contribution in [0.2, 0.25) is 5.02 Å². The van der Waals surface area contributed by atoms with Gasteiger partial charge in [0, 0.05) is 49.7 Å². The van der Waals surface area contributed by atoms with Crippen molar-refractivity contribution in [3.8, 4) is 0 Å². The number of sulfonamides is 1. The highest BCUT2D eigenvalue weighted by molar-refractivity contribution is 7.94. The van der Waals surface area contributed by atoms with Crippen molar-refractivity contribution in [1.82, 2.24) is 15.1 Å². The number of hydrogen-bond donors (Lipinski definition) is 1. The molecule has 0 aliphatic carbocycles. The molecule has 0 unspecified atom stereocenters. The lowest BCUT2D eigenvalue weighted by Gasteiger charge is -2.38. The summed E-state index contributed by atoms with van der Waals surface area (Å²) in [7, 11) is -1.61. The molecule has 176 valence electrons. The Labute approximate surface area is 199 Å². The van der Waals surface area contributed by atoms with Crippen LogP contribution in [0, 0.1) is 0 Å². The molecule has 2 amide bonds. The largest absolute Gasteiger partial charge is 0.350 e. The van der Waals surface area contributed by atoms with Gasteiger partial charge < -0.3 is 10.2 Å². The number of likely N-dealkylation sites (N-methyl/N-ethyl adjacent to an activating group) is 1. The molecular formula is C23H27ClN4O4S. The fourth-order valence-electron chi connectivity index (χ4n) is 4.25. The van der Waals surface area contributed by atoms with E-state index in [-0.39, 0.29) is 29.8 Å². The number of nitrogens with one attached hydrogen (secondary N) is 1. The minimum Gasteiger partial charge on any atom is -0.350 e. The van der Waals surface area contributed by atoms with Crippen molar-refractivity contribution < 1.29 is 18.0 Å². The summed E-state index contributed by atoms with van der Waals surface area (Å²) in [5.41, 5.74) is 1.43. The zero-order valence-corrected chi connectivity index (χ0v) is 20.0. The highest BCUT2D eigenvalue weighted by atomic mass is 35.5. The van der Waals surface area contributed by atoms with Gasteiger partial charge in [-0.05, 0) is 36.9 Å². The number of hydrogen-bond acceptors (Lipinski definition) is 6. The van der Waals surface area contributed by atoms with Crippen LogP contribution in [0.15, 0.2) is 48.5 Å². The maximum absolute atomic E-state index is 13.0. The molecule has 2 aromatic rings. The minimum atomic E-state index is -3.69. The van der Waals surface area contributed by atoms with E-state index in [9.17, 15) is 18.0 Å². The molecule has 1 atom stereocenters. The standard InChI is InChI=1S/C23H27ClN4O4S/c1-26-10-12-27(13-11-26)21(19-7-2-3-8-20(19)24)16-25-23(30)17-5-4-6-18(15-17)28-22(29)9-14-33(28,31)32/h2-8,15,21H,9-14,16H2,1H3,(H,25,30)/t21-/m1/s1. The molecule has 2 fully saturated rings. The lowest BCUT2D eigenvalue weighted by atomic mass is 10.0. The molecule has 0 spiro atoms. The van der Waals surface area contributed by atoms with Crippen LogP contribution < -0.4 is 9.62 Å². The molecule has 0 aromatic heterocycles. The molecule has 0 saturated carbocycles.